The summed E-state index contributed by atoms with van der Waals surface area (Å²) in [5, 5.41) is 12.3. The van der Waals surface area contributed by atoms with Crippen molar-refractivity contribution >= 4 is 5.91 Å². The first-order chi connectivity index (χ1) is 10.3. The van der Waals surface area contributed by atoms with E-state index >= 15 is 0 Å². The Kier molecular flexibility index (Phi) is 3.71. The highest BCUT2D eigenvalue weighted by Gasteiger charge is 2.25. The van der Waals surface area contributed by atoms with Crippen LogP contribution in [0, 0.1) is 11.3 Å². The number of hydrogen-bond donors (Lipinski definition) is 2. The van der Waals surface area contributed by atoms with Crippen LogP contribution < -0.4 is 5.32 Å². The van der Waals surface area contributed by atoms with Gasteiger partial charge >= 0.3 is 0 Å². The molecule has 1 aliphatic rings. The molecule has 0 saturated carbocycles. The molecule has 106 valence electrons. The lowest BCUT2D eigenvalue weighted by molar-refractivity contribution is 0.0697. The van der Waals surface area contributed by atoms with E-state index in [1.807, 2.05) is 29.2 Å². The van der Waals surface area contributed by atoms with Gasteiger partial charge in [0.25, 0.3) is 5.91 Å². The molecule has 0 radical (unpaired) electrons. The molecule has 0 bridgehead atoms. The topological polar surface area (TPSA) is 71.9 Å². The maximum absolute atomic E-state index is 12.5. The van der Waals surface area contributed by atoms with Gasteiger partial charge < -0.3 is 15.2 Å². The van der Waals surface area contributed by atoms with Gasteiger partial charge in [-0.15, -0.1) is 0 Å². The molecule has 1 saturated heterocycles. The fourth-order valence-electron chi connectivity index (χ4n) is 2.60. The Balaban J connectivity index is 1.74. The van der Waals surface area contributed by atoms with Crippen LogP contribution in [-0.2, 0) is 0 Å². The molecule has 1 fully saturated rings. The van der Waals surface area contributed by atoms with E-state index in [4.69, 9.17) is 5.26 Å². The molecule has 1 atom stereocenters. The monoisotopic (exact) mass is 280 g/mol. The molecule has 5 nitrogen and oxygen atoms in total. The van der Waals surface area contributed by atoms with Gasteiger partial charge in [0.05, 0.1) is 5.56 Å². The first-order valence-corrected chi connectivity index (χ1v) is 6.94. The van der Waals surface area contributed by atoms with Gasteiger partial charge in [-0.3, -0.25) is 4.79 Å². The number of rotatable bonds is 2. The highest BCUT2D eigenvalue weighted by molar-refractivity contribution is 5.93. The number of H-pyrrole nitrogens is 1. The summed E-state index contributed by atoms with van der Waals surface area (Å²) in [5.41, 5.74) is 2.13. The van der Waals surface area contributed by atoms with Crippen molar-refractivity contribution in [2.24, 2.45) is 0 Å². The number of nitriles is 1. The van der Waals surface area contributed by atoms with Crippen LogP contribution in [0.5, 0.6) is 0 Å². The van der Waals surface area contributed by atoms with Crippen molar-refractivity contribution in [2.45, 2.75) is 6.04 Å². The van der Waals surface area contributed by atoms with Crippen LogP contribution in [0.1, 0.15) is 27.7 Å². The van der Waals surface area contributed by atoms with Gasteiger partial charge in [-0.05, 0) is 11.6 Å². The molecule has 2 aromatic rings. The number of piperazine rings is 1. The summed E-state index contributed by atoms with van der Waals surface area (Å²) in [6.45, 7) is 2.06. The molecule has 2 heterocycles. The van der Waals surface area contributed by atoms with Gasteiger partial charge in [0.1, 0.15) is 11.8 Å². The number of nitrogens with zero attached hydrogens (tertiary/aromatic N) is 2. The molecule has 1 amide bonds. The SMILES string of the molecule is N#Cc1c[nH]c(C(=O)N2CCNC(c3ccccc3)C2)c1. The highest BCUT2D eigenvalue weighted by atomic mass is 16.2. The van der Waals surface area contributed by atoms with E-state index in [1.54, 1.807) is 12.3 Å². The predicted molar refractivity (Wildman–Crippen MR) is 78.6 cm³/mol. The number of nitrogens with one attached hydrogen (secondary N) is 2. The number of aromatic nitrogens is 1. The molecule has 1 aliphatic heterocycles. The second-order valence-electron chi connectivity index (χ2n) is 5.08. The molecular weight excluding hydrogens is 264 g/mol. The quantitative estimate of drug-likeness (QED) is 0.879. The van der Waals surface area contributed by atoms with Gasteiger partial charge in [0.2, 0.25) is 0 Å². The standard InChI is InChI=1S/C16H16N4O/c17-9-12-8-14(19-10-12)16(21)20-7-6-18-15(11-20)13-4-2-1-3-5-13/h1-5,8,10,15,18-19H,6-7,11H2. The lowest BCUT2D eigenvalue weighted by Crippen LogP contribution is -2.48. The van der Waals surface area contributed by atoms with Gasteiger partial charge in [-0.25, -0.2) is 0 Å². The fraction of sp³-hybridized carbons (Fsp3) is 0.250. The zero-order valence-electron chi connectivity index (χ0n) is 11.5. The third kappa shape index (κ3) is 2.81. The lowest BCUT2D eigenvalue weighted by Gasteiger charge is -2.33. The summed E-state index contributed by atoms with van der Waals surface area (Å²) in [6, 6.07) is 13.9. The number of carbonyl (C=O) groups is 1. The van der Waals surface area contributed by atoms with E-state index < -0.39 is 0 Å². The summed E-state index contributed by atoms with van der Waals surface area (Å²) in [5.74, 6) is -0.0565. The minimum Gasteiger partial charge on any atom is -0.356 e. The molecular formula is C16H16N4O. The van der Waals surface area contributed by atoms with Crippen molar-refractivity contribution in [1.82, 2.24) is 15.2 Å². The van der Waals surface area contributed by atoms with Crippen molar-refractivity contribution in [3.05, 3.63) is 59.4 Å². The Morgan fingerprint density at radius 1 is 1.33 bits per heavy atom. The molecule has 1 aromatic heterocycles. The second-order valence-corrected chi connectivity index (χ2v) is 5.08. The largest absolute Gasteiger partial charge is 0.356 e. The van der Waals surface area contributed by atoms with Crippen molar-refractivity contribution in [1.29, 1.82) is 5.26 Å². The Morgan fingerprint density at radius 2 is 2.14 bits per heavy atom. The highest BCUT2D eigenvalue weighted by Crippen LogP contribution is 2.18. The van der Waals surface area contributed by atoms with E-state index in [0.29, 0.717) is 24.3 Å². The second kappa shape index (κ2) is 5.81. The number of hydrogen-bond acceptors (Lipinski definition) is 3. The van der Waals surface area contributed by atoms with Crippen LogP contribution in [0.4, 0.5) is 0 Å². The van der Waals surface area contributed by atoms with E-state index in [2.05, 4.69) is 22.4 Å². The van der Waals surface area contributed by atoms with Crippen molar-refractivity contribution in [3.63, 3.8) is 0 Å². The van der Waals surface area contributed by atoms with E-state index in [0.717, 1.165) is 6.54 Å². The Hall–Kier alpha value is -2.58. The number of amides is 1. The normalized spacial score (nSPS) is 18.2. The third-order valence-corrected chi connectivity index (χ3v) is 3.71. The van der Waals surface area contributed by atoms with Crippen LogP contribution in [-0.4, -0.2) is 35.4 Å². The van der Waals surface area contributed by atoms with Crippen LogP contribution in [0.25, 0.3) is 0 Å². The van der Waals surface area contributed by atoms with Crippen LogP contribution in [0.2, 0.25) is 0 Å². The fourth-order valence-corrected chi connectivity index (χ4v) is 2.60. The maximum Gasteiger partial charge on any atom is 0.270 e. The van der Waals surface area contributed by atoms with E-state index in [9.17, 15) is 4.79 Å². The third-order valence-electron chi connectivity index (χ3n) is 3.71. The van der Waals surface area contributed by atoms with Gasteiger partial charge in [-0.1, -0.05) is 30.3 Å². The smallest absolute Gasteiger partial charge is 0.270 e. The summed E-state index contributed by atoms with van der Waals surface area (Å²) in [4.78, 5) is 17.2. The minimum atomic E-state index is -0.0565. The molecule has 0 aliphatic carbocycles. The van der Waals surface area contributed by atoms with E-state index in [-0.39, 0.29) is 11.9 Å². The molecule has 2 N–H and O–H groups in total. The average molecular weight is 280 g/mol. The summed E-state index contributed by atoms with van der Waals surface area (Å²) in [6.07, 6.45) is 1.56. The number of carbonyl (C=O) groups excluding carboxylic acids is 1. The van der Waals surface area contributed by atoms with Gasteiger partial charge in [0.15, 0.2) is 0 Å². The first kappa shape index (κ1) is 13.4. The first-order valence-electron chi connectivity index (χ1n) is 6.94. The predicted octanol–water partition coefficient (Wildman–Crippen LogP) is 1.67. The van der Waals surface area contributed by atoms with Gasteiger partial charge in [0, 0.05) is 31.9 Å². The summed E-state index contributed by atoms with van der Waals surface area (Å²) >= 11 is 0. The molecule has 5 heteroatoms. The summed E-state index contributed by atoms with van der Waals surface area (Å²) < 4.78 is 0. The summed E-state index contributed by atoms with van der Waals surface area (Å²) in [7, 11) is 0. The van der Waals surface area contributed by atoms with Gasteiger partial charge in [-0.2, -0.15) is 5.26 Å². The Labute approximate surface area is 123 Å². The number of aromatic amines is 1. The Bertz CT molecular complexity index is 671. The lowest BCUT2D eigenvalue weighted by atomic mass is 10.0. The Morgan fingerprint density at radius 3 is 2.86 bits per heavy atom. The molecule has 1 aromatic carbocycles. The van der Waals surface area contributed by atoms with Crippen molar-refractivity contribution in [3.8, 4) is 6.07 Å². The van der Waals surface area contributed by atoms with Crippen LogP contribution in [0.3, 0.4) is 0 Å². The average Bonchev–Trinajstić information content (AvgIpc) is 3.04. The number of benzene rings is 1. The van der Waals surface area contributed by atoms with Crippen LogP contribution in [0.15, 0.2) is 42.6 Å². The molecule has 21 heavy (non-hydrogen) atoms. The minimum absolute atomic E-state index is 0.0565. The van der Waals surface area contributed by atoms with Crippen molar-refractivity contribution in [2.75, 3.05) is 19.6 Å². The maximum atomic E-state index is 12.5. The molecule has 1 unspecified atom stereocenters. The zero-order valence-corrected chi connectivity index (χ0v) is 11.5. The molecule has 0 spiro atoms. The molecule has 3 rings (SSSR count). The van der Waals surface area contributed by atoms with Crippen LogP contribution >= 0.6 is 0 Å². The zero-order chi connectivity index (χ0) is 14.7. The van der Waals surface area contributed by atoms with Crippen molar-refractivity contribution < 1.29 is 4.79 Å². The van der Waals surface area contributed by atoms with E-state index in [1.165, 1.54) is 5.56 Å².